The van der Waals surface area contributed by atoms with Gasteiger partial charge in [-0.25, -0.2) is 4.98 Å². The van der Waals surface area contributed by atoms with Crippen molar-refractivity contribution in [3.05, 3.63) is 45.6 Å². The number of benzene rings is 1. The molecule has 0 radical (unpaired) electrons. The van der Waals surface area contributed by atoms with Gasteiger partial charge in [0.2, 0.25) is 17.6 Å². The fourth-order valence-corrected chi connectivity index (χ4v) is 1.55. The number of nitro benzene ring substituents is 1. The molecule has 0 aliphatic heterocycles. The summed E-state index contributed by atoms with van der Waals surface area (Å²) in [5.74, 6) is 0.426. The third kappa shape index (κ3) is 2.59. The average molecular weight is 260 g/mol. The first-order valence-corrected chi connectivity index (χ1v) is 5.50. The molecule has 0 saturated carbocycles. The molecule has 1 aromatic carbocycles. The monoisotopic (exact) mass is 260 g/mol. The van der Waals surface area contributed by atoms with E-state index in [4.69, 9.17) is 10.5 Å². The molecule has 0 spiro atoms. The predicted molar refractivity (Wildman–Crippen MR) is 69.1 cm³/mol. The summed E-state index contributed by atoms with van der Waals surface area (Å²) in [4.78, 5) is 18.2. The highest BCUT2D eigenvalue weighted by atomic mass is 16.6. The lowest BCUT2D eigenvalue weighted by Gasteiger charge is -2.10. The third-order valence-corrected chi connectivity index (χ3v) is 2.53. The van der Waals surface area contributed by atoms with Crippen molar-refractivity contribution in [2.45, 2.75) is 13.8 Å². The summed E-state index contributed by atoms with van der Waals surface area (Å²) < 4.78 is 5.54. The molecule has 0 aliphatic carbocycles. The topological polar surface area (TPSA) is 104 Å². The van der Waals surface area contributed by atoms with Crippen LogP contribution in [-0.2, 0) is 0 Å². The maximum Gasteiger partial charge on any atom is 0.311 e. The Balaban J connectivity index is 2.49. The number of hydrogen-bond donors (Lipinski definition) is 1. The van der Waals surface area contributed by atoms with E-state index < -0.39 is 4.92 Å². The second kappa shape index (κ2) is 4.89. The van der Waals surface area contributed by atoms with E-state index >= 15 is 0 Å². The quantitative estimate of drug-likeness (QED) is 0.671. The van der Waals surface area contributed by atoms with Gasteiger partial charge in [-0.2, -0.15) is 4.98 Å². The molecule has 19 heavy (non-hydrogen) atoms. The first-order valence-electron chi connectivity index (χ1n) is 5.50. The number of para-hydroxylation sites is 1. The van der Waals surface area contributed by atoms with E-state index in [9.17, 15) is 10.1 Å². The molecule has 0 unspecified atom stereocenters. The largest absolute Gasteiger partial charge is 0.431 e. The van der Waals surface area contributed by atoms with Crippen LogP contribution in [0, 0.1) is 24.0 Å². The highest BCUT2D eigenvalue weighted by molar-refractivity contribution is 5.53. The molecule has 0 atom stereocenters. The fourth-order valence-electron chi connectivity index (χ4n) is 1.55. The van der Waals surface area contributed by atoms with Gasteiger partial charge >= 0.3 is 5.69 Å². The van der Waals surface area contributed by atoms with Crippen LogP contribution in [0.25, 0.3) is 0 Å². The predicted octanol–water partition coefficient (Wildman–Crippen LogP) is 2.38. The number of rotatable bonds is 3. The van der Waals surface area contributed by atoms with Gasteiger partial charge < -0.3 is 10.5 Å². The van der Waals surface area contributed by atoms with E-state index in [2.05, 4.69) is 9.97 Å². The number of nitro groups is 1. The molecule has 2 N–H and O–H groups in total. The van der Waals surface area contributed by atoms with Gasteiger partial charge in [0.05, 0.1) is 4.92 Å². The number of hydrogen-bond acceptors (Lipinski definition) is 6. The van der Waals surface area contributed by atoms with Crippen LogP contribution in [0.5, 0.6) is 11.6 Å². The van der Waals surface area contributed by atoms with Crippen LogP contribution < -0.4 is 10.5 Å². The zero-order chi connectivity index (χ0) is 14.0. The molecular weight excluding hydrogens is 248 g/mol. The summed E-state index contributed by atoms with van der Waals surface area (Å²) in [5.41, 5.74) is 6.66. The Morgan fingerprint density at radius 3 is 2.74 bits per heavy atom. The molecule has 1 aromatic heterocycles. The zero-order valence-electron chi connectivity index (χ0n) is 10.5. The van der Waals surface area contributed by atoms with Crippen LogP contribution in [-0.4, -0.2) is 14.9 Å². The number of nitrogen functional groups attached to an aromatic ring is 1. The van der Waals surface area contributed by atoms with E-state index in [1.165, 1.54) is 12.3 Å². The van der Waals surface area contributed by atoms with E-state index in [0.717, 1.165) is 0 Å². The van der Waals surface area contributed by atoms with Crippen molar-refractivity contribution in [1.82, 2.24) is 9.97 Å². The van der Waals surface area contributed by atoms with Crippen LogP contribution in [0.2, 0.25) is 0 Å². The molecule has 0 aliphatic rings. The van der Waals surface area contributed by atoms with Gasteiger partial charge in [0.15, 0.2) is 0 Å². The minimum atomic E-state index is -0.498. The third-order valence-electron chi connectivity index (χ3n) is 2.53. The van der Waals surface area contributed by atoms with Crippen LogP contribution in [0.4, 0.5) is 11.6 Å². The van der Waals surface area contributed by atoms with Crippen LogP contribution >= 0.6 is 0 Å². The summed E-state index contributed by atoms with van der Waals surface area (Å²) in [5, 5.41) is 11.0. The van der Waals surface area contributed by atoms with Crippen molar-refractivity contribution < 1.29 is 9.66 Å². The number of aromatic nitrogens is 2. The van der Waals surface area contributed by atoms with Crippen molar-refractivity contribution in [2.75, 3.05) is 5.73 Å². The van der Waals surface area contributed by atoms with Crippen molar-refractivity contribution in [1.29, 1.82) is 0 Å². The molecule has 0 fully saturated rings. The van der Waals surface area contributed by atoms with Crippen molar-refractivity contribution in [3.8, 4) is 11.6 Å². The molecule has 1 heterocycles. The van der Waals surface area contributed by atoms with E-state index in [1.54, 1.807) is 26.0 Å². The highest BCUT2D eigenvalue weighted by Crippen LogP contribution is 2.34. The first kappa shape index (κ1) is 12.7. The van der Waals surface area contributed by atoms with Crippen molar-refractivity contribution >= 4 is 11.6 Å². The van der Waals surface area contributed by atoms with E-state index in [-0.39, 0.29) is 23.3 Å². The average Bonchev–Trinajstić information content (AvgIpc) is 2.35. The minimum Gasteiger partial charge on any atom is -0.431 e. The summed E-state index contributed by atoms with van der Waals surface area (Å²) >= 11 is 0. The number of nitrogens with zero attached hydrogens (tertiary/aromatic N) is 3. The standard InChI is InChI=1S/C12H12N4O3/c1-7-4-3-5-9(16(17)18)10(7)19-11-8(2)6-14-12(13)15-11/h3-6H,1-2H3,(H2,13,14,15). The van der Waals surface area contributed by atoms with Crippen LogP contribution in [0.1, 0.15) is 11.1 Å². The summed E-state index contributed by atoms with van der Waals surface area (Å²) in [7, 11) is 0. The van der Waals surface area contributed by atoms with Gasteiger partial charge in [-0.1, -0.05) is 12.1 Å². The molecular formula is C12H12N4O3. The molecule has 7 heteroatoms. The second-order valence-electron chi connectivity index (χ2n) is 4.00. The summed E-state index contributed by atoms with van der Waals surface area (Å²) in [6.07, 6.45) is 1.50. The van der Waals surface area contributed by atoms with Gasteiger partial charge in [0.1, 0.15) is 0 Å². The van der Waals surface area contributed by atoms with Gasteiger partial charge in [-0.05, 0) is 19.4 Å². The molecule has 0 bridgehead atoms. The summed E-state index contributed by atoms with van der Waals surface area (Å²) in [6.45, 7) is 3.46. The Kier molecular flexibility index (Phi) is 3.28. The van der Waals surface area contributed by atoms with Crippen molar-refractivity contribution in [3.63, 3.8) is 0 Å². The van der Waals surface area contributed by atoms with Crippen LogP contribution in [0.3, 0.4) is 0 Å². The fraction of sp³-hybridized carbons (Fsp3) is 0.167. The zero-order valence-corrected chi connectivity index (χ0v) is 10.5. The van der Waals surface area contributed by atoms with Gasteiger partial charge in [0.25, 0.3) is 0 Å². The molecule has 7 nitrogen and oxygen atoms in total. The number of ether oxygens (including phenoxy) is 1. The Bertz CT molecular complexity index is 643. The van der Waals surface area contributed by atoms with Crippen LogP contribution in [0.15, 0.2) is 24.4 Å². The Morgan fingerprint density at radius 2 is 2.05 bits per heavy atom. The van der Waals surface area contributed by atoms with E-state index in [1.807, 2.05) is 0 Å². The highest BCUT2D eigenvalue weighted by Gasteiger charge is 2.19. The lowest BCUT2D eigenvalue weighted by atomic mass is 10.2. The number of aryl methyl sites for hydroxylation is 2. The van der Waals surface area contributed by atoms with Gasteiger partial charge in [-0.3, -0.25) is 10.1 Å². The minimum absolute atomic E-state index is 0.0526. The van der Waals surface area contributed by atoms with Gasteiger partial charge in [0, 0.05) is 17.8 Å². The lowest BCUT2D eigenvalue weighted by Crippen LogP contribution is -2.01. The molecule has 2 aromatic rings. The number of nitrogens with two attached hydrogens (primary N) is 1. The Morgan fingerprint density at radius 1 is 1.32 bits per heavy atom. The smallest absolute Gasteiger partial charge is 0.311 e. The maximum absolute atomic E-state index is 11.0. The van der Waals surface area contributed by atoms with E-state index in [0.29, 0.717) is 11.1 Å². The Hall–Kier alpha value is -2.70. The van der Waals surface area contributed by atoms with Crippen molar-refractivity contribution in [2.24, 2.45) is 0 Å². The number of anilines is 1. The first-order chi connectivity index (χ1) is 8.99. The maximum atomic E-state index is 11.0. The molecule has 0 saturated heterocycles. The molecule has 0 amide bonds. The van der Waals surface area contributed by atoms with Gasteiger partial charge in [-0.15, -0.1) is 0 Å². The molecule has 2 rings (SSSR count). The second-order valence-corrected chi connectivity index (χ2v) is 4.00. The normalized spacial score (nSPS) is 10.2. The SMILES string of the molecule is Cc1cnc(N)nc1Oc1c(C)cccc1[N+](=O)[O-]. The summed E-state index contributed by atoms with van der Waals surface area (Å²) in [6, 6.07) is 4.70. The lowest BCUT2D eigenvalue weighted by molar-refractivity contribution is -0.385. The Labute approximate surface area is 109 Å². The molecule has 98 valence electrons.